The Morgan fingerprint density at radius 2 is 2.00 bits per heavy atom. The summed E-state index contributed by atoms with van der Waals surface area (Å²) in [6.45, 7) is 2.15. The molecule has 2 heterocycles. The number of nitrogens with zero attached hydrogens (tertiary/aromatic N) is 2. The first kappa shape index (κ1) is 19.3. The zero-order chi connectivity index (χ0) is 20.4. The molecular weight excluding hydrogens is 372 g/mol. The van der Waals surface area contributed by atoms with Crippen molar-refractivity contribution < 1.29 is 13.6 Å². The highest BCUT2D eigenvalue weighted by Crippen LogP contribution is 2.35. The molecule has 0 saturated heterocycles. The van der Waals surface area contributed by atoms with Gasteiger partial charge in [-0.1, -0.05) is 12.1 Å². The van der Waals surface area contributed by atoms with Crippen molar-refractivity contribution in [1.29, 1.82) is 0 Å². The van der Waals surface area contributed by atoms with Crippen LogP contribution in [0.3, 0.4) is 0 Å². The molecule has 0 aliphatic carbocycles. The van der Waals surface area contributed by atoms with Gasteiger partial charge in [0.05, 0.1) is 0 Å². The second-order valence-electron chi connectivity index (χ2n) is 7.58. The number of imidazole rings is 1. The maximum Gasteiger partial charge on any atom is 0.225 e. The monoisotopic (exact) mass is 395 g/mol. The van der Waals surface area contributed by atoms with E-state index >= 15 is 0 Å². The third kappa shape index (κ3) is 4.21. The Morgan fingerprint density at radius 3 is 2.76 bits per heavy atom. The molecular formula is C23H23F2N3O. The Morgan fingerprint density at radius 1 is 1.21 bits per heavy atom. The number of anilines is 1. The number of hydrogen-bond donors (Lipinski definition) is 1. The predicted octanol–water partition coefficient (Wildman–Crippen LogP) is 5.22. The number of fused-ring (bicyclic) bond motifs is 1. The van der Waals surface area contributed by atoms with Gasteiger partial charge in [0.1, 0.15) is 17.5 Å². The van der Waals surface area contributed by atoms with E-state index in [0.29, 0.717) is 5.69 Å². The number of carbonyl (C=O) groups excluding carboxylic acids is 1. The van der Waals surface area contributed by atoms with Crippen molar-refractivity contribution in [2.24, 2.45) is 0 Å². The number of amides is 1. The minimum atomic E-state index is -0.361. The molecule has 0 unspecified atom stereocenters. The van der Waals surface area contributed by atoms with E-state index in [0.717, 1.165) is 36.3 Å². The molecule has 6 heteroatoms. The fraction of sp³-hybridized carbons (Fsp3) is 0.304. The summed E-state index contributed by atoms with van der Waals surface area (Å²) in [5, 5.41) is 2.81. The lowest BCUT2D eigenvalue weighted by Gasteiger charge is -2.27. The summed E-state index contributed by atoms with van der Waals surface area (Å²) < 4.78 is 29.3. The van der Waals surface area contributed by atoms with Crippen LogP contribution in [0.15, 0.2) is 54.7 Å². The summed E-state index contributed by atoms with van der Waals surface area (Å²) in [4.78, 5) is 17.4. The van der Waals surface area contributed by atoms with E-state index < -0.39 is 0 Å². The van der Waals surface area contributed by atoms with E-state index in [2.05, 4.69) is 21.8 Å². The third-order valence-electron chi connectivity index (χ3n) is 5.49. The molecule has 4 nitrogen and oxygen atoms in total. The number of rotatable bonds is 5. The molecule has 0 saturated carbocycles. The average molecular weight is 395 g/mol. The summed E-state index contributed by atoms with van der Waals surface area (Å²) in [6.07, 6.45) is 5.00. The minimum absolute atomic E-state index is 0.138. The van der Waals surface area contributed by atoms with Gasteiger partial charge in [0.15, 0.2) is 0 Å². The second kappa shape index (κ2) is 8.15. The number of benzene rings is 2. The lowest BCUT2D eigenvalue weighted by molar-refractivity contribution is -0.116. The Labute approximate surface area is 168 Å². The van der Waals surface area contributed by atoms with E-state index in [-0.39, 0.29) is 35.9 Å². The molecule has 2 atom stereocenters. The summed E-state index contributed by atoms with van der Waals surface area (Å²) in [6, 6.07) is 12.3. The Bertz CT molecular complexity index is 1010. The van der Waals surface area contributed by atoms with Crippen LogP contribution in [-0.2, 0) is 11.2 Å². The smallest absolute Gasteiger partial charge is 0.225 e. The minimum Gasteiger partial charge on any atom is -0.329 e. The van der Waals surface area contributed by atoms with Crippen molar-refractivity contribution in [3.63, 3.8) is 0 Å². The molecule has 0 spiro atoms. The summed E-state index contributed by atoms with van der Waals surface area (Å²) in [5.74, 6) is -0.227. The fourth-order valence-electron chi connectivity index (χ4n) is 4.10. The Balaban J connectivity index is 1.65. The fourth-order valence-corrected chi connectivity index (χ4v) is 4.10. The van der Waals surface area contributed by atoms with E-state index in [9.17, 15) is 13.6 Å². The van der Waals surface area contributed by atoms with Gasteiger partial charge in [-0.05, 0) is 61.7 Å². The molecule has 29 heavy (non-hydrogen) atoms. The van der Waals surface area contributed by atoms with Gasteiger partial charge in [0.25, 0.3) is 0 Å². The summed E-state index contributed by atoms with van der Waals surface area (Å²) in [5.41, 5.74) is 2.19. The van der Waals surface area contributed by atoms with Gasteiger partial charge in [0.2, 0.25) is 5.91 Å². The zero-order valence-electron chi connectivity index (χ0n) is 16.2. The average Bonchev–Trinajstić information content (AvgIpc) is 3.13. The highest BCUT2D eigenvalue weighted by Gasteiger charge is 2.27. The van der Waals surface area contributed by atoms with Gasteiger partial charge in [-0.25, -0.2) is 13.8 Å². The van der Waals surface area contributed by atoms with E-state index in [4.69, 9.17) is 0 Å². The number of hydrogen-bond acceptors (Lipinski definition) is 2. The molecule has 2 aromatic carbocycles. The first-order chi connectivity index (χ1) is 14.0. The van der Waals surface area contributed by atoms with Crippen molar-refractivity contribution in [3.05, 3.63) is 83.4 Å². The van der Waals surface area contributed by atoms with Gasteiger partial charge in [-0.2, -0.15) is 0 Å². The molecule has 1 aliphatic heterocycles. The van der Waals surface area contributed by atoms with Crippen molar-refractivity contribution >= 4 is 11.6 Å². The van der Waals surface area contributed by atoms with Crippen LogP contribution in [0.4, 0.5) is 14.5 Å². The van der Waals surface area contributed by atoms with Crippen molar-refractivity contribution in [1.82, 2.24) is 9.55 Å². The normalized spacial score (nSPS) is 16.9. The lowest BCUT2D eigenvalue weighted by Crippen LogP contribution is -2.22. The quantitative estimate of drug-likeness (QED) is 0.644. The number of halogens is 2. The Kier molecular flexibility index (Phi) is 5.43. The first-order valence-electron chi connectivity index (χ1n) is 9.88. The molecule has 1 amide bonds. The number of carbonyl (C=O) groups is 1. The van der Waals surface area contributed by atoms with E-state index in [1.807, 2.05) is 12.3 Å². The standard InChI is InChI=1S/C23H23F2N3O/c1-15-4-2-7-22-26-14-21(28(15)22)20(16-5-3-6-18(25)12-16)13-23(29)27-19-10-8-17(24)9-11-19/h3,5-6,8-12,14-15,20H,2,4,7,13H2,1H3,(H,27,29)/t15-,20-/m0/s1. The molecule has 0 bridgehead atoms. The second-order valence-corrected chi connectivity index (χ2v) is 7.58. The van der Waals surface area contributed by atoms with Gasteiger partial charge in [-0.3, -0.25) is 4.79 Å². The molecule has 0 fully saturated rings. The molecule has 1 N–H and O–H groups in total. The van der Waals surface area contributed by atoms with Crippen molar-refractivity contribution in [3.8, 4) is 0 Å². The van der Waals surface area contributed by atoms with E-state index in [1.54, 1.807) is 6.07 Å². The van der Waals surface area contributed by atoms with Crippen molar-refractivity contribution in [2.45, 2.75) is 44.6 Å². The summed E-state index contributed by atoms with van der Waals surface area (Å²) in [7, 11) is 0. The van der Waals surface area contributed by atoms with Gasteiger partial charge >= 0.3 is 0 Å². The van der Waals surface area contributed by atoms with Crippen LogP contribution in [0.1, 0.15) is 55.2 Å². The van der Waals surface area contributed by atoms with Crippen LogP contribution in [0, 0.1) is 11.6 Å². The third-order valence-corrected chi connectivity index (χ3v) is 5.49. The maximum absolute atomic E-state index is 13.9. The first-order valence-corrected chi connectivity index (χ1v) is 9.88. The SMILES string of the molecule is C[C@H]1CCCc2ncc([C@@H](CC(=O)Nc3ccc(F)cc3)c3cccc(F)c3)n21. The van der Waals surface area contributed by atoms with Crippen LogP contribution < -0.4 is 5.32 Å². The Hall–Kier alpha value is -3.02. The molecule has 0 radical (unpaired) electrons. The van der Waals surface area contributed by atoms with E-state index in [1.165, 1.54) is 36.4 Å². The highest BCUT2D eigenvalue weighted by molar-refractivity contribution is 5.91. The molecule has 3 aromatic rings. The number of nitrogens with one attached hydrogen (secondary N) is 1. The lowest BCUT2D eigenvalue weighted by atomic mass is 9.91. The summed E-state index contributed by atoms with van der Waals surface area (Å²) >= 11 is 0. The molecule has 1 aliphatic rings. The van der Waals surface area contributed by atoms with Gasteiger partial charge < -0.3 is 9.88 Å². The molecule has 150 valence electrons. The zero-order valence-corrected chi connectivity index (χ0v) is 16.2. The van der Waals surface area contributed by atoms with Crippen LogP contribution in [-0.4, -0.2) is 15.5 Å². The molecule has 4 rings (SSSR count). The number of aromatic nitrogens is 2. The largest absolute Gasteiger partial charge is 0.329 e. The highest BCUT2D eigenvalue weighted by atomic mass is 19.1. The molecule has 1 aromatic heterocycles. The topological polar surface area (TPSA) is 46.9 Å². The maximum atomic E-state index is 13.9. The van der Waals surface area contributed by atoms with Gasteiger partial charge in [-0.15, -0.1) is 0 Å². The van der Waals surface area contributed by atoms with Crippen LogP contribution in [0.5, 0.6) is 0 Å². The van der Waals surface area contributed by atoms with Crippen LogP contribution in [0.25, 0.3) is 0 Å². The van der Waals surface area contributed by atoms with Crippen LogP contribution in [0.2, 0.25) is 0 Å². The van der Waals surface area contributed by atoms with Gasteiger partial charge in [0, 0.05) is 42.4 Å². The predicted molar refractivity (Wildman–Crippen MR) is 108 cm³/mol. The number of aryl methyl sites for hydroxylation is 1. The van der Waals surface area contributed by atoms with Crippen LogP contribution >= 0.6 is 0 Å². The van der Waals surface area contributed by atoms with Crippen molar-refractivity contribution in [2.75, 3.05) is 5.32 Å².